The van der Waals surface area contributed by atoms with Gasteiger partial charge < -0.3 is 20.1 Å². The summed E-state index contributed by atoms with van der Waals surface area (Å²) in [7, 11) is 0. The van der Waals surface area contributed by atoms with Crippen LogP contribution in [0.25, 0.3) is 0 Å². The molecule has 1 aliphatic heterocycles. The van der Waals surface area contributed by atoms with Crippen molar-refractivity contribution < 1.29 is 20.1 Å². The Labute approximate surface area is 214 Å². The first-order valence-corrected chi connectivity index (χ1v) is 15.3. The van der Waals surface area contributed by atoms with E-state index in [1.807, 2.05) is 0 Å². The average Bonchev–Trinajstić information content (AvgIpc) is 3.21. The van der Waals surface area contributed by atoms with E-state index in [9.17, 15) is 15.3 Å². The van der Waals surface area contributed by atoms with Gasteiger partial charge in [-0.2, -0.15) is 0 Å². The van der Waals surface area contributed by atoms with Crippen molar-refractivity contribution >= 4 is 0 Å². The highest BCUT2D eigenvalue weighted by molar-refractivity contribution is 5.11. The fourth-order valence-electron chi connectivity index (χ4n) is 10.6. The lowest BCUT2D eigenvalue weighted by atomic mass is 9.43. The summed E-state index contributed by atoms with van der Waals surface area (Å²) >= 11 is 0. The Morgan fingerprint density at radius 2 is 1.60 bits per heavy atom. The second-order valence-electron chi connectivity index (χ2n) is 14.4. The molecule has 4 aliphatic carbocycles. The summed E-state index contributed by atoms with van der Waals surface area (Å²) in [6.07, 6.45) is 15.2. The highest BCUT2D eigenvalue weighted by Crippen LogP contribution is 2.69. The van der Waals surface area contributed by atoms with Gasteiger partial charge in [-0.15, -0.1) is 0 Å². The zero-order chi connectivity index (χ0) is 25.1. The summed E-state index contributed by atoms with van der Waals surface area (Å²) in [4.78, 5) is 0. The zero-order valence-electron chi connectivity index (χ0n) is 23.1. The largest absolute Gasteiger partial charge is 0.390 e. The van der Waals surface area contributed by atoms with Crippen LogP contribution in [0.15, 0.2) is 0 Å². The summed E-state index contributed by atoms with van der Waals surface area (Å²) in [5.41, 5.74) is 0.425. The van der Waals surface area contributed by atoms with Gasteiger partial charge in [-0.25, -0.2) is 0 Å². The molecular formula is C31H54O4. The van der Waals surface area contributed by atoms with Gasteiger partial charge >= 0.3 is 0 Å². The van der Waals surface area contributed by atoms with Crippen molar-refractivity contribution in [3.63, 3.8) is 0 Å². The van der Waals surface area contributed by atoms with Crippen LogP contribution in [0.4, 0.5) is 0 Å². The molecule has 4 heteroatoms. The Kier molecular flexibility index (Phi) is 7.21. The molecule has 0 bridgehead atoms. The molecule has 0 aromatic rings. The molecule has 0 amide bonds. The number of rotatable bonds is 6. The van der Waals surface area contributed by atoms with Crippen LogP contribution in [0, 0.1) is 52.3 Å². The van der Waals surface area contributed by atoms with E-state index in [2.05, 4.69) is 27.7 Å². The zero-order valence-corrected chi connectivity index (χ0v) is 23.1. The molecule has 0 aromatic carbocycles. The predicted molar refractivity (Wildman–Crippen MR) is 140 cm³/mol. The van der Waals surface area contributed by atoms with E-state index in [0.717, 1.165) is 56.3 Å². The smallest absolute Gasteiger partial charge is 0.165 e. The maximum atomic E-state index is 11.1. The molecule has 4 nitrogen and oxygen atoms in total. The average molecular weight is 491 g/mol. The number of ether oxygens (including phenoxy) is 1. The quantitative estimate of drug-likeness (QED) is 0.382. The lowest BCUT2D eigenvalue weighted by molar-refractivity contribution is -0.221. The molecule has 1 heterocycles. The van der Waals surface area contributed by atoms with Gasteiger partial charge in [0.2, 0.25) is 0 Å². The van der Waals surface area contributed by atoms with Crippen LogP contribution in [0.1, 0.15) is 118 Å². The van der Waals surface area contributed by atoms with Crippen LogP contribution in [0.5, 0.6) is 0 Å². The van der Waals surface area contributed by atoms with Gasteiger partial charge in [0, 0.05) is 25.6 Å². The molecule has 35 heavy (non-hydrogen) atoms. The van der Waals surface area contributed by atoms with Gasteiger partial charge in [0.1, 0.15) is 0 Å². The van der Waals surface area contributed by atoms with E-state index < -0.39 is 11.4 Å². The molecule has 9 atom stereocenters. The van der Waals surface area contributed by atoms with E-state index in [4.69, 9.17) is 4.74 Å². The lowest BCUT2D eigenvalue weighted by Crippen LogP contribution is -2.56. The minimum atomic E-state index is -1.54. The van der Waals surface area contributed by atoms with Crippen molar-refractivity contribution in [2.45, 2.75) is 129 Å². The molecule has 0 aromatic heterocycles. The van der Waals surface area contributed by atoms with Gasteiger partial charge in [-0.3, -0.25) is 0 Å². The third kappa shape index (κ3) is 4.55. The van der Waals surface area contributed by atoms with Crippen LogP contribution in [0.3, 0.4) is 0 Å². The summed E-state index contributed by atoms with van der Waals surface area (Å²) in [5, 5.41) is 32.8. The van der Waals surface area contributed by atoms with Gasteiger partial charge in [-0.05, 0) is 130 Å². The third-order valence-electron chi connectivity index (χ3n) is 13.1. The molecule has 5 fully saturated rings. The maximum absolute atomic E-state index is 11.1. The monoisotopic (exact) mass is 490 g/mol. The van der Waals surface area contributed by atoms with Gasteiger partial charge in [0.15, 0.2) is 5.79 Å². The fraction of sp³-hybridized carbons (Fsp3) is 1.00. The van der Waals surface area contributed by atoms with Crippen LogP contribution in [-0.2, 0) is 4.74 Å². The number of aliphatic hydroxyl groups is 3. The molecule has 5 rings (SSSR count). The Balaban J connectivity index is 1.24. The standard InChI is InChI=1S/C31H54O4/c1-5-30(32)17-16-28(3)23(20-30)6-7-24-26-9-8-25(29(26,4)14-11-27(24)28)21(2)10-15-31(33,34)22-12-18-35-19-13-22/h21-27,32-34H,5-20H2,1-4H3/t21-,23-,24+,25-,26+,27+,28+,29-,30+/m1/s1. The van der Waals surface area contributed by atoms with E-state index in [1.165, 1.54) is 44.9 Å². The lowest BCUT2D eigenvalue weighted by Gasteiger charge is -2.62. The van der Waals surface area contributed by atoms with E-state index >= 15 is 0 Å². The van der Waals surface area contributed by atoms with Gasteiger partial charge in [-0.1, -0.05) is 27.7 Å². The second kappa shape index (κ2) is 9.54. The molecule has 0 unspecified atom stereocenters. The third-order valence-corrected chi connectivity index (χ3v) is 13.1. The molecule has 5 aliphatic rings. The first kappa shape index (κ1) is 26.4. The van der Waals surface area contributed by atoms with Crippen LogP contribution < -0.4 is 0 Å². The minimum Gasteiger partial charge on any atom is -0.390 e. The van der Waals surface area contributed by atoms with E-state index in [-0.39, 0.29) is 5.92 Å². The first-order chi connectivity index (χ1) is 16.5. The van der Waals surface area contributed by atoms with Crippen molar-refractivity contribution in [2.24, 2.45) is 52.3 Å². The molecule has 3 N–H and O–H groups in total. The minimum absolute atomic E-state index is 0.0393. The summed E-state index contributed by atoms with van der Waals surface area (Å²) < 4.78 is 5.44. The molecule has 0 spiro atoms. The Morgan fingerprint density at radius 3 is 2.31 bits per heavy atom. The SMILES string of the molecule is CC[C@]1(O)CC[C@@]2(C)[C@H](CC[C@@H]3[C@@H]2CC[C@]2(C)[C@@H]([C@H](C)CCC(O)(O)C4CCOCC4)CC[C@@H]32)C1. The molecule has 1 saturated heterocycles. The molecular weight excluding hydrogens is 436 g/mol. The first-order valence-electron chi connectivity index (χ1n) is 15.3. The van der Waals surface area contributed by atoms with Gasteiger partial charge in [0.25, 0.3) is 0 Å². The van der Waals surface area contributed by atoms with Crippen molar-refractivity contribution in [2.75, 3.05) is 13.2 Å². The topological polar surface area (TPSA) is 69.9 Å². The Morgan fingerprint density at radius 1 is 0.886 bits per heavy atom. The summed E-state index contributed by atoms with van der Waals surface area (Å²) in [5.74, 6) is 2.91. The van der Waals surface area contributed by atoms with Crippen molar-refractivity contribution in [3.05, 3.63) is 0 Å². The second-order valence-corrected chi connectivity index (χ2v) is 14.4. The van der Waals surface area contributed by atoms with E-state index in [0.29, 0.717) is 48.2 Å². The van der Waals surface area contributed by atoms with Crippen molar-refractivity contribution in [1.82, 2.24) is 0 Å². The Bertz CT molecular complexity index is 746. The van der Waals surface area contributed by atoms with E-state index in [1.54, 1.807) is 0 Å². The van der Waals surface area contributed by atoms with Crippen LogP contribution in [-0.4, -0.2) is 39.9 Å². The molecule has 202 valence electrons. The fourth-order valence-corrected chi connectivity index (χ4v) is 10.6. The number of hydrogen-bond acceptors (Lipinski definition) is 4. The maximum Gasteiger partial charge on any atom is 0.165 e. The summed E-state index contributed by atoms with van der Waals surface area (Å²) in [6.45, 7) is 11.1. The normalized spacial score (nSPS) is 47.6. The molecule has 0 radical (unpaired) electrons. The highest BCUT2D eigenvalue weighted by atomic mass is 16.5. The highest BCUT2D eigenvalue weighted by Gasteiger charge is 2.61. The number of fused-ring (bicyclic) bond motifs is 5. The van der Waals surface area contributed by atoms with Crippen LogP contribution in [0.2, 0.25) is 0 Å². The predicted octanol–water partition coefficient (Wildman–Crippen LogP) is 6.31. The van der Waals surface area contributed by atoms with Crippen molar-refractivity contribution in [1.29, 1.82) is 0 Å². The molecule has 4 saturated carbocycles. The van der Waals surface area contributed by atoms with Crippen molar-refractivity contribution in [3.8, 4) is 0 Å². The van der Waals surface area contributed by atoms with Gasteiger partial charge in [0.05, 0.1) is 5.60 Å². The van der Waals surface area contributed by atoms with Crippen LogP contribution >= 0.6 is 0 Å². The Hall–Kier alpha value is -0.160. The summed E-state index contributed by atoms with van der Waals surface area (Å²) in [6, 6.07) is 0. The number of hydrogen-bond donors (Lipinski definition) is 3.